The first-order valence-electron chi connectivity index (χ1n) is 6.34. The van der Waals surface area contributed by atoms with Gasteiger partial charge in [-0.15, -0.1) is 0 Å². The average molecular weight is 314 g/mol. The number of benzene rings is 1. The Morgan fingerprint density at radius 1 is 1.30 bits per heavy atom. The highest BCUT2D eigenvalue weighted by molar-refractivity contribution is 7.89. The van der Waals surface area contributed by atoms with Crippen molar-refractivity contribution in [1.82, 2.24) is 9.21 Å². The van der Waals surface area contributed by atoms with Crippen molar-refractivity contribution < 1.29 is 8.42 Å². The Morgan fingerprint density at radius 3 is 2.50 bits per heavy atom. The molecule has 7 heteroatoms. The Labute approximate surface area is 124 Å². The maximum absolute atomic E-state index is 12.5. The van der Waals surface area contributed by atoms with E-state index in [0.29, 0.717) is 31.2 Å². The molecule has 20 heavy (non-hydrogen) atoms. The van der Waals surface area contributed by atoms with Crippen molar-refractivity contribution in [1.29, 1.82) is 5.26 Å². The number of piperazine rings is 1. The molecule has 108 valence electrons. The van der Waals surface area contributed by atoms with Crippen LogP contribution < -0.4 is 0 Å². The molecule has 1 aromatic rings. The third kappa shape index (κ3) is 3.13. The molecule has 1 heterocycles. The maximum Gasteiger partial charge on any atom is 0.243 e. The van der Waals surface area contributed by atoms with Gasteiger partial charge in [-0.25, -0.2) is 8.42 Å². The lowest BCUT2D eigenvalue weighted by Crippen LogP contribution is -2.50. The van der Waals surface area contributed by atoms with Gasteiger partial charge in [0.2, 0.25) is 10.0 Å². The van der Waals surface area contributed by atoms with Crippen LogP contribution in [0.3, 0.4) is 0 Å². The van der Waals surface area contributed by atoms with Crippen molar-refractivity contribution in [2.24, 2.45) is 0 Å². The van der Waals surface area contributed by atoms with Gasteiger partial charge < -0.3 is 0 Å². The van der Waals surface area contributed by atoms with Crippen molar-refractivity contribution in [3.8, 4) is 6.07 Å². The zero-order valence-corrected chi connectivity index (χ0v) is 12.7. The summed E-state index contributed by atoms with van der Waals surface area (Å²) in [6, 6.07) is 8.26. The summed E-state index contributed by atoms with van der Waals surface area (Å²) in [5.41, 5.74) is 0. The van der Waals surface area contributed by atoms with Gasteiger partial charge >= 0.3 is 0 Å². The molecule has 0 N–H and O–H groups in total. The Balaban J connectivity index is 2.12. The second-order valence-electron chi connectivity index (χ2n) is 4.70. The van der Waals surface area contributed by atoms with Gasteiger partial charge in [0.1, 0.15) is 0 Å². The molecule has 0 amide bonds. The summed E-state index contributed by atoms with van der Waals surface area (Å²) in [5.74, 6) is 0. The Kier molecular flexibility index (Phi) is 4.66. The molecule has 0 radical (unpaired) electrons. The molecule has 0 saturated carbocycles. The molecule has 0 unspecified atom stereocenters. The molecule has 1 saturated heterocycles. The van der Waals surface area contributed by atoms with Gasteiger partial charge in [0, 0.05) is 31.2 Å². The highest BCUT2D eigenvalue weighted by Crippen LogP contribution is 2.21. The summed E-state index contributed by atoms with van der Waals surface area (Å²) in [4.78, 5) is 2.19. The normalized spacial score (nSPS) is 19.4. The van der Waals surface area contributed by atoms with Crippen LogP contribution in [0.5, 0.6) is 0 Å². The highest BCUT2D eigenvalue weighted by atomic mass is 35.5. The van der Waals surface area contributed by atoms with Gasteiger partial charge in [0.05, 0.1) is 17.0 Å². The summed E-state index contributed by atoms with van der Waals surface area (Å²) >= 11 is 5.85. The fraction of sp³-hybridized carbons (Fsp3) is 0.462. The Bertz CT molecular complexity index is 619. The van der Waals surface area contributed by atoms with Crippen LogP contribution in [-0.4, -0.2) is 49.8 Å². The molecule has 0 aliphatic carbocycles. The van der Waals surface area contributed by atoms with E-state index in [-0.39, 0.29) is 10.9 Å². The highest BCUT2D eigenvalue weighted by Gasteiger charge is 2.29. The van der Waals surface area contributed by atoms with Crippen molar-refractivity contribution in [2.45, 2.75) is 17.9 Å². The summed E-state index contributed by atoms with van der Waals surface area (Å²) in [6.07, 6.45) is 0. The van der Waals surface area contributed by atoms with Crippen LogP contribution in [0.4, 0.5) is 0 Å². The molecule has 1 fully saturated rings. The van der Waals surface area contributed by atoms with E-state index in [4.69, 9.17) is 16.9 Å². The predicted octanol–water partition coefficient (Wildman–Crippen LogP) is 1.56. The number of nitriles is 1. The molecule has 1 atom stereocenters. The molecule has 5 nitrogen and oxygen atoms in total. The lowest BCUT2D eigenvalue weighted by molar-refractivity contribution is 0.169. The molecule has 2 rings (SSSR count). The third-order valence-corrected chi connectivity index (χ3v) is 5.57. The van der Waals surface area contributed by atoms with Gasteiger partial charge in [0.15, 0.2) is 0 Å². The van der Waals surface area contributed by atoms with E-state index in [0.717, 1.165) is 0 Å². The Morgan fingerprint density at radius 2 is 1.95 bits per heavy atom. The van der Waals surface area contributed by atoms with Crippen molar-refractivity contribution in [2.75, 3.05) is 26.2 Å². The molecule has 1 aromatic carbocycles. The maximum atomic E-state index is 12.5. The number of halogens is 1. The number of sulfonamides is 1. The van der Waals surface area contributed by atoms with Crippen molar-refractivity contribution in [3.05, 3.63) is 29.3 Å². The number of nitrogens with zero attached hydrogens (tertiary/aromatic N) is 3. The van der Waals surface area contributed by atoms with E-state index >= 15 is 0 Å². The molecule has 1 aliphatic rings. The van der Waals surface area contributed by atoms with Gasteiger partial charge in [-0.3, -0.25) is 4.90 Å². The topological polar surface area (TPSA) is 64.4 Å². The second kappa shape index (κ2) is 6.10. The smallest absolute Gasteiger partial charge is 0.243 e. The summed E-state index contributed by atoms with van der Waals surface area (Å²) in [7, 11) is -3.50. The summed E-state index contributed by atoms with van der Waals surface area (Å²) in [6.45, 7) is 3.73. The van der Waals surface area contributed by atoms with Gasteiger partial charge in [-0.05, 0) is 25.1 Å². The zero-order chi connectivity index (χ0) is 14.8. The van der Waals surface area contributed by atoms with Crippen LogP contribution in [-0.2, 0) is 10.0 Å². The largest absolute Gasteiger partial charge is 0.286 e. The Hall–Kier alpha value is -1.13. The molecule has 0 spiro atoms. The molecule has 0 bridgehead atoms. The second-order valence-corrected chi connectivity index (χ2v) is 7.08. The zero-order valence-electron chi connectivity index (χ0n) is 11.2. The van der Waals surface area contributed by atoms with Gasteiger partial charge in [0.25, 0.3) is 0 Å². The van der Waals surface area contributed by atoms with E-state index in [2.05, 4.69) is 6.07 Å². The first kappa shape index (κ1) is 15.3. The van der Waals surface area contributed by atoms with Crippen LogP contribution in [0, 0.1) is 11.3 Å². The summed E-state index contributed by atoms with van der Waals surface area (Å²) < 4.78 is 26.4. The number of hydrogen-bond acceptors (Lipinski definition) is 4. The number of rotatable bonds is 3. The first-order valence-corrected chi connectivity index (χ1v) is 8.16. The minimum absolute atomic E-state index is 0.189. The van der Waals surface area contributed by atoms with Crippen LogP contribution in [0.2, 0.25) is 5.02 Å². The van der Waals surface area contributed by atoms with Crippen LogP contribution >= 0.6 is 11.6 Å². The van der Waals surface area contributed by atoms with E-state index in [1.54, 1.807) is 18.2 Å². The van der Waals surface area contributed by atoms with Crippen LogP contribution in [0.25, 0.3) is 0 Å². The lowest BCUT2D eigenvalue weighted by Gasteiger charge is -2.35. The van der Waals surface area contributed by atoms with E-state index in [1.165, 1.54) is 10.4 Å². The molecular weight excluding hydrogens is 298 g/mol. The van der Waals surface area contributed by atoms with Crippen LogP contribution in [0.1, 0.15) is 6.92 Å². The van der Waals surface area contributed by atoms with Gasteiger partial charge in [-0.1, -0.05) is 17.7 Å². The average Bonchev–Trinajstić information content (AvgIpc) is 2.46. The lowest BCUT2D eigenvalue weighted by atomic mass is 10.2. The van der Waals surface area contributed by atoms with Crippen molar-refractivity contribution >= 4 is 21.6 Å². The first-order chi connectivity index (χ1) is 9.45. The van der Waals surface area contributed by atoms with Crippen LogP contribution in [0.15, 0.2) is 29.2 Å². The fourth-order valence-corrected chi connectivity index (χ4v) is 3.91. The minimum Gasteiger partial charge on any atom is -0.286 e. The number of hydrogen-bond donors (Lipinski definition) is 0. The monoisotopic (exact) mass is 313 g/mol. The van der Waals surface area contributed by atoms with Crippen molar-refractivity contribution in [3.63, 3.8) is 0 Å². The third-order valence-electron chi connectivity index (χ3n) is 3.44. The quantitative estimate of drug-likeness (QED) is 0.849. The molecule has 0 aromatic heterocycles. The standard InChI is InChI=1S/C13H16ClN3O2S/c1-11(10-15)16-5-7-17(8-6-16)20(18,19)13-4-2-3-12(14)9-13/h2-4,9,11H,5-8H2,1H3/t11-/m1/s1. The predicted molar refractivity (Wildman–Crippen MR) is 76.9 cm³/mol. The molecular formula is C13H16ClN3O2S. The minimum atomic E-state index is -3.50. The molecule has 1 aliphatic heterocycles. The van der Waals surface area contributed by atoms with E-state index in [1.807, 2.05) is 11.8 Å². The van der Waals surface area contributed by atoms with E-state index in [9.17, 15) is 8.42 Å². The fourth-order valence-electron chi connectivity index (χ4n) is 2.19. The summed E-state index contributed by atoms with van der Waals surface area (Å²) in [5, 5.41) is 9.29. The SMILES string of the molecule is C[C@H](C#N)N1CCN(S(=O)(=O)c2cccc(Cl)c2)CC1. The van der Waals surface area contributed by atoms with Gasteiger partial charge in [-0.2, -0.15) is 9.57 Å². The van der Waals surface area contributed by atoms with E-state index < -0.39 is 10.0 Å².